The molecule has 1 saturated heterocycles. The molecule has 0 saturated carbocycles. The number of hydrogen-bond acceptors (Lipinski definition) is 5. The molecule has 0 radical (unpaired) electrons. The Morgan fingerprint density at radius 2 is 1.95 bits per heavy atom. The van der Waals surface area contributed by atoms with Crippen molar-refractivity contribution in [1.82, 2.24) is 9.97 Å². The number of morpholine rings is 1. The molecule has 0 bridgehead atoms. The van der Waals surface area contributed by atoms with E-state index in [-0.39, 0.29) is 12.2 Å². The molecule has 3 rings (SSSR count). The van der Waals surface area contributed by atoms with E-state index in [4.69, 9.17) is 10.5 Å². The fourth-order valence-corrected chi connectivity index (χ4v) is 2.73. The van der Waals surface area contributed by atoms with Crippen molar-refractivity contribution in [2.45, 2.75) is 26.1 Å². The Kier molecular flexibility index (Phi) is 3.75. The predicted octanol–water partition coefficient (Wildman–Crippen LogP) is 2.33. The molecule has 2 aromatic rings. The van der Waals surface area contributed by atoms with E-state index in [2.05, 4.69) is 33.9 Å². The lowest BCUT2D eigenvalue weighted by atomic mass is 10.1. The van der Waals surface area contributed by atoms with Gasteiger partial charge in [0.15, 0.2) is 0 Å². The minimum absolute atomic E-state index is 0.0476. The van der Waals surface area contributed by atoms with Gasteiger partial charge in [0.25, 0.3) is 0 Å². The summed E-state index contributed by atoms with van der Waals surface area (Å²) in [5.41, 5.74) is 7.84. The van der Waals surface area contributed by atoms with E-state index in [0.717, 1.165) is 24.6 Å². The Bertz CT molecular complexity index is 597. The highest BCUT2D eigenvalue weighted by atomic mass is 16.5. The first kappa shape index (κ1) is 13.8. The molecular weight excluding hydrogens is 264 g/mol. The van der Waals surface area contributed by atoms with Gasteiger partial charge in [0.1, 0.15) is 11.9 Å². The number of benzene rings is 1. The molecule has 0 spiro atoms. The smallest absolute Gasteiger partial charge is 0.222 e. The van der Waals surface area contributed by atoms with Crippen molar-refractivity contribution >= 4 is 11.8 Å². The molecule has 2 atom stereocenters. The Labute approximate surface area is 124 Å². The van der Waals surface area contributed by atoms with E-state index >= 15 is 0 Å². The maximum atomic E-state index is 6.07. The van der Waals surface area contributed by atoms with Gasteiger partial charge in [-0.15, -0.1) is 0 Å². The second-order valence-electron chi connectivity index (χ2n) is 5.48. The Balaban J connectivity index is 1.86. The SMILES string of the molecule is Cc1cc(N2C[C@H](C)O[C@@H](c3ccccc3)C2)nc(N)n1. The van der Waals surface area contributed by atoms with Crippen molar-refractivity contribution < 1.29 is 4.74 Å². The highest BCUT2D eigenvalue weighted by Gasteiger charge is 2.27. The molecule has 2 N–H and O–H groups in total. The highest BCUT2D eigenvalue weighted by molar-refractivity contribution is 5.44. The van der Waals surface area contributed by atoms with Crippen LogP contribution in [-0.2, 0) is 4.74 Å². The van der Waals surface area contributed by atoms with Gasteiger partial charge in [-0.2, -0.15) is 4.98 Å². The normalized spacial score (nSPS) is 22.3. The number of hydrogen-bond donors (Lipinski definition) is 1. The number of nitrogen functional groups attached to an aromatic ring is 1. The summed E-state index contributed by atoms with van der Waals surface area (Å²) >= 11 is 0. The second kappa shape index (κ2) is 5.69. The first-order chi connectivity index (χ1) is 10.1. The van der Waals surface area contributed by atoms with Crippen LogP contribution in [0.4, 0.5) is 11.8 Å². The van der Waals surface area contributed by atoms with Crippen LogP contribution in [0.1, 0.15) is 24.3 Å². The summed E-state index contributed by atoms with van der Waals surface area (Å²) in [4.78, 5) is 10.7. The molecule has 0 amide bonds. The highest BCUT2D eigenvalue weighted by Crippen LogP contribution is 2.28. The number of nitrogens with zero attached hydrogens (tertiary/aromatic N) is 3. The summed E-state index contributed by atoms with van der Waals surface area (Å²) in [6.07, 6.45) is 0.187. The molecule has 1 aliphatic heterocycles. The summed E-state index contributed by atoms with van der Waals surface area (Å²) in [6.45, 7) is 5.59. The van der Waals surface area contributed by atoms with E-state index in [1.54, 1.807) is 0 Å². The molecule has 5 nitrogen and oxygen atoms in total. The van der Waals surface area contributed by atoms with Gasteiger partial charge < -0.3 is 15.4 Å². The Morgan fingerprint density at radius 1 is 1.19 bits per heavy atom. The van der Waals surface area contributed by atoms with E-state index in [9.17, 15) is 0 Å². The molecule has 21 heavy (non-hydrogen) atoms. The fraction of sp³-hybridized carbons (Fsp3) is 0.375. The molecule has 1 fully saturated rings. The van der Waals surface area contributed by atoms with Crippen LogP contribution < -0.4 is 10.6 Å². The van der Waals surface area contributed by atoms with Crippen LogP contribution in [0.5, 0.6) is 0 Å². The molecule has 1 aromatic heterocycles. The number of rotatable bonds is 2. The summed E-state index contributed by atoms with van der Waals surface area (Å²) in [7, 11) is 0. The number of ether oxygens (including phenoxy) is 1. The van der Waals surface area contributed by atoms with E-state index < -0.39 is 0 Å². The summed E-state index contributed by atoms with van der Waals surface area (Å²) in [5, 5.41) is 0. The van der Waals surface area contributed by atoms with E-state index in [1.165, 1.54) is 5.56 Å². The number of anilines is 2. The third kappa shape index (κ3) is 3.13. The Morgan fingerprint density at radius 3 is 2.67 bits per heavy atom. The van der Waals surface area contributed by atoms with Crippen LogP contribution in [0.3, 0.4) is 0 Å². The molecule has 0 aliphatic carbocycles. The van der Waals surface area contributed by atoms with Gasteiger partial charge >= 0.3 is 0 Å². The Hall–Kier alpha value is -2.14. The van der Waals surface area contributed by atoms with Crippen LogP contribution >= 0.6 is 0 Å². The van der Waals surface area contributed by atoms with Crippen molar-refractivity contribution in [2.24, 2.45) is 0 Å². The minimum atomic E-state index is 0.0476. The van der Waals surface area contributed by atoms with Gasteiger partial charge in [0.2, 0.25) is 5.95 Å². The van der Waals surface area contributed by atoms with Gasteiger partial charge in [-0.25, -0.2) is 4.98 Å². The zero-order chi connectivity index (χ0) is 14.8. The van der Waals surface area contributed by atoms with Crippen molar-refractivity contribution in [3.05, 3.63) is 47.7 Å². The molecule has 1 aromatic carbocycles. The fourth-order valence-electron chi connectivity index (χ4n) is 2.73. The topological polar surface area (TPSA) is 64.3 Å². The van der Waals surface area contributed by atoms with E-state index in [0.29, 0.717) is 5.95 Å². The average molecular weight is 284 g/mol. The number of aromatic nitrogens is 2. The van der Waals surface area contributed by atoms with Crippen molar-refractivity contribution in [2.75, 3.05) is 23.7 Å². The maximum Gasteiger partial charge on any atom is 0.222 e. The monoisotopic (exact) mass is 284 g/mol. The summed E-state index contributed by atoms with van der Waals surface area (Å²) in [5.74, 6) is 1.19. The predicted molar refractivity (Wildman–Crippen MR) is 83.1 cm³/mol. The first-order valence-corrected chi connectivity index (χ1v) is 7.18. The zero-order valence-corrected chi connectivity index (χ0v) is 12.4. The molecule has 1 aliphatic rings. The van der Waals surface area contributed by atoms with Gasteiger partial charge in [0.05, 0.1) is 6.10 Å². The number of nitrogens with two attached hydrogens (primary N) is 1. The minimum Gasteiger partial charge on any atom is -0.368 e. The van der Waals surface area contributed by atoms with Gasteiger partial charge in [-0.05, 0) is 19.4 Å². The molecule has 110 valence electrons. The average Bonchev–Trinajstić information content (AvgIpc) is 2.46. The molecular formula is C16H20N4O. The number of aryl methyl sites for hydroxylation is 1. The third-order valence-corrected chi connectivity index (χ3v) is 3.61. The third-order valence-electron chi connectivity index (χ3n) is 3.61. The lowest BCUT2D eigenvalue weighted by Crippen LogP contribution is -2.43. The molecule has 5 heteroatoms. The van der Waals surface area contributed by atoms with Crippen LogP contribution in [0, 0.1) is 6.92 Å². The van der Waals surface area contributed by atoms with Gasteiger partial charge in [-0.3, -0.25) is 0 Å². The largest absolute Gasteiger partial charge is 0.368 e. The molecule has 2 heterocycles. The lowest BCUT2D eigenvalue weighted by Gasteiger charge is -2.37. The van der Waals surface area contributed by atoms with Crippen molar-refractivity contribution in [3.63, 3.8) is 0 Å². The lowest BCUT2D eigenvalue weighted by molar-refractivity contribution is -0.0176. The van der Waals surface area contributed by atoms with Gasteiger partial charge in [-0.1, -0.05) is 30.3 Å². The van der Waals surface area contributed by atoms with Crippen LogP contribution in [0.2, 0.25) is 0 Å². The second-order valence-corrected chi connectivity index (χ2v) is 5.48. The van der Waals surface area contributed by atoms with Crippen LogP contribution in [0.25, 0.3) is 0 Å². The maximum absolute atomic E-state index is 6.07. The van der Waals surface area contributed by atoms with Crippen molar-refractivity contribution in [3.8, 4) is 0 Å². The quantitative estimate of drug-likeness (QED) is 0.917. The summed E-state index contributed by atoms with van der Waals surface area (Å²) in [6, 6.07) is 12.3. The van der Waals surface area contributed by atoms with Gasteiger partial charge in [0, 0.05) is 24.8 Å². The zero-order valence-electron chi connectivity index (χ0n) is 12.4. The molecule has 0 unspecified atom stereocenters. The summed E-state index contributed by atoms with van der Waals surface area (Å²) < 4.78 is 6.07. The van der Waals surface area contributed by atoms with Crippen LogP contribution in [-0.4, -0.2) is 29.2 Å². The van der Waals surface area contributed by atoms with E-state index in [1.807, 2.05) is 31.2 Å². The standard InChI is InChI=1S/C16H20N4O/c1-11-8-15(19-16(17)18-11)20-9-12(2)21-14(10-20)13-6-4-3-5-7-13/h3-8,12,14H,9-10H2,1-2H3,(H2,17,18,19)/t12-,14+/m0/s1. The first-order valence-electron chi connectivity index (χ1n) is 7.18. The van der Waals surface area contributed by atoms with Crippen LogP contribution in [0.15, 0.2) is 36.4 Å². The van der Waals surface area contributed by atoms with Crippen molar-refractivity contribution in [1.29, 1.82) is 0 Å².